The fourth-order valence-corrected chi connectivity index (χ4v) is 4.00. The summed E-state index contributed by atoms with van der Waals surface area (Å²) in [5.41, 5.74) is 0.373. The number of aliphatic hydroxyl groups is 1. The Kier molecular flexibility index (Phi) is 7.15. The van der Waals surface area contributed by atoms with Gasteiger partial charge in [-0.1, -0.05) is 12.1 Å². The summed E-state index contributed by atoms with van der Waals surface area (Å²) in [5, 5.41) is 14.1. The van der Waals surface area contributed by atoms with Crippen molar-refractivity contribution in [1.82, 2.24) is 5.32 Å². The van der Waals surface area contributed by atoms with Crippen LogP contribution in [0.15, 0.2) is 24.3 Å². The van der Waals surface area contributed by atoms with Crippen LogP contribution in [0.3, 0.4) is 0 Å². The van der Waals surface area contributed by atoms with E-state index >= 15 is 0 Å². The molecule has 5 heteroatoms. The number of benzene rings is 1. The molecule has 1 saturated heterocycles. The highest BCUT2D eigenvalue weighted by Crippen LogP contribution is 2.26. The van der Waals surface area contributed by atoms with Gasteiger partial charge < -0.3 is 15.2 Å². The van der Waals surface area contributed by atoms with Gasteiger partial charge in [0, 0.05) is 26.3 Å². The minimum atomic E-state index is -0.599. The molecule has 1 unspecified atom stereocenters. The van der Waals surface area contributed by atoms with Gasteiger partial charge in [0.05, 0.1) is 5.60 Å². The summed E-state index contributed by atoms with van der Waals surface area (Å²) in [7, 11) is 1.69. The summed E-state index contributed by atoms with van der Waals surface area (Å²) in [6.07, 6.45) is 3.26. The van der Waals surface area contributed by atoms with Gasteiger partial charge in [-0.05, 0) is 54.9 Å². The van der Waals surface area contributed by atoms with Crippen LogP contribution in [0.1, 0.15) is 24.8 Å². The van der Waals surface area contributed by atoms with Crippen LogP contribution in [0, 0.1) is 5.82 Å². The second-order valence-corrected chi connectivity index (χ2v) is 7.25. The van der Waals surface area contributed by atoms with Gasteiger partial charge in [0.2, 0.25) is 0 Å². The third kappa shape index (κ3) is 5.88. The van der Waals surface area contributed by atoms with Gasteiger partial charge in [-0.25, -0.2) is 4.39 Å². The van der Waals surface area contributed by atoms with E-state index in [1.54, 1.807) is 19.2 Å². The van der Waals surface area contributed by atoms with E-state index in [4.69, 9.17) is 4.74 Å². The zero-order valence-electron chi connectivity index (χ0n) is 13.2. The average molecular weight is 327 g/mol. The Morgan fingerprint density at radius 1 is 1.41 bits per heavy atom. The maximum atomic E-state index is 13.3. The number of methoxy groups -OCH3 is 1. The number of ether oxygens (including phenoxy) is 1. The Morgan fingerprint density at radius 3 is 2.86 bits per heavy atom. The summed E-state index contributed by atoms with van der Waals surface area (Å²) in [6.45, 7) is 1.25. The van der Waals surface area contributed by atoms with Crippen LogP contribution < -0.4 is 5.32 Å². The van der Waals surface area contributed by atoms with Gasteiger partial charge in [0.1, 0.15) is 5.82 Å². The summed E-state index contributed by atoms with van der Waals surface area (Å²) in [6, 6.07) is 6.90. The van der Waals surface area contributed by atoms with E-state index in [2.05, 4.69) is 5.32 Å². The molecule has 22 heavy (non-hydrogen) atoms. The first kappa shape index (κ1) is 17.7. The Hall–Kier alpha value is -0.620. The lowest BCUT2D eigenvalue weighted by Crippen LogP contribution is -2.47. The van der Waals surface area contributed by atoms with Crippen LogP contribution in [0.2, 0.25) is 0 Å². The molecule has 3 nitrogen and oxygen atoms in total. The molecule has 0 saturated carbocycles. The number of thioether (sulfide) groups is 1. The Balaban J connectivity index is 1.90. The highest BCUT2D eigenvalue weighted by molar-refractivity contribution is 7.99. The van der Waals surface area contributed by atoms with Crippen molar-refractivity contribution in [1.29, 1.82) is 0 Å². The van der Waals surface area contributed by atoms with Crippen molar-refractivity contribution in [3.05, 3.63) is 35.6 Å². The van der Waals surface area contributed by atoms with Gasteiger partial charge in [-0.15, -0.1) is 0 Å². The Bertz CT molecular complexity index is 452. The summed E-state index contributed by atoms with van der Waals surface area (Å²) >= 11 is 1.90. The lowest BCUT2D eigenvalue weighted by molar-refractivity contribution is 0.0284. The molecule has 2 N–H and O–H groups in total. The predicted octanol–water partition coefficient (Wildman–Crippen LogP) is 2.62. The maximum Gasteiger partial charge on any atom is 0.123 e. The van der Waals surface area contributed by atoms with Gasteiger partial charge in [-0.3, -0.25) is 0 Å². The number of hydrogen-bond donors (Lipinski definition) is 2. The third-order valence-corrected chi connectivity index (χ3v) is 5.17. The van der Waals surface area contributed by atoms with Crippen LogP contribution in [-0.4, -0.2) is 48.5 Å². The van der Waals surface area contributed by atoms with Gasteiger partial charge in [0.25, 0.3) is 0 Å². The zero-order valence-corrected chi connectivity index (χ0v) is 14.0. The molecule has 2 rings (SSSR count). The van der Waals surface area contributed by atoms with Crippen LogP contribution in [-0.2, 0) is 11.2 Å². The molecule has 0 aromatic heterocycles. The van der Waals surface area contributed by atoms with Crippen molar-refractivity contribution < 1.29 is 14.2 Å². The molecule has 124 valence electrons. The summed E-state index contributed by atoms with van der Waals surface area (Å²) in [4.78, 5) is 0. The van der Waals surface area contributed by atoms with Gasteiger partial charge in [0.15, 0.2) is 0 Å². The molecule has 1 aromatic rings. The molecule has 1 atom stereocenters. The molecule has 0 amide bonds. The van der Waals surface area contributed by atoms with E-state index in [1.807, 2.05) is 17.8 Å². The molecule has 0 aliphatic carbocycles. The lowest BCUT2D eigenvalue weighted by atomic mass is 9.95. The smallest absolute Gasteiger partial charge is 0.123 e. The van der Waals surface area contributed by atoms with Crippen molar-refractivity contribution in [2.45, 2.75) is 37.3 Å². The van der Waals surface area contributed by atoms with Crippen molar-refractivity contribution in [3.63, 3.8) is 0 Å². The molecule has 1 heterocycles. The first-order chi connectivity index (χ1) is 10.6. The molecule has 0 radical (unpaired) electrons. The highest BCUT2D eigenvalue weighted by atomic mass is 32.2. The maximum absolute atomic E-state index is 13.3. The first-order valence-corrected chi connectivity index (χ1v) is 9.04. The first-order valence-electron chi connectivity index (χ1n) is 7.88. The number of halogens is 1. The molecule has 0 bridgehead atoms. The average Bonchev–Trinajstić information content (AvgIpc) is 2.51. The zero-order chi connectivity index (χ0) is 15.8. The van der Waals surface area contributed by atoms with E-state index in [0.29, 0.717) is 13.2 Å². The second-order valence-electron chi connectivity index (χ2n) is 6.03. The van der Waals surface area contributed by atoms with Gasteiger partial charge >= 0.3 is 0 Å². The van der Waals surface area contributed by atoms with Crippen LogP contribution in [0.4, 0.5) is 4.39 Å². The minimum Gasteiger partial charge on any atom is -0.389 e. The van der Waals surface area contributed by atoms with Crippen LogP contribution >= 0.6 is 11.8 Å². The summed E-state index contributed by atoms with van der Waals surface area (Å²) in [5.74, 6) is 1.83. The molecule has 1 fully saturated rings. The van der Waals surface area contributed by atoms with E-state index in [0.717, 1.165) is 42.8 Å². The molecule has 1 aliphatic heterocycles. The standard InChI is InChI=1S/C17H26FNO2S/c1-21-8-5-16(12-14-3-2-4-15(18)11-14)19-13-17(20)6-9-22-10-7-17/h2-4,11,16,19-20H,5-10,12-13H2,1H3. The number of rotatable bonds is 8. The van der Waals surface area contributed by atoms with E-state index in [1.165, 1.54) is 6.07 Å². The normalized spacial score (nSPS) is 19.0. The molecule has 1 aromatic carbocycles. The number of nitrogens with one attached hydrogen (secondary N) is 1. The van der Waals surface area contributed by atoms with Crippen LogP contribution in [0.5, 0.6) is 0 Å². The van der Waals surface area contributed by atoms with Crippen molar-refractivity contribution in [2.75, 3.05) is 31.8 Å². The summed E-state index contributed by atoms with van der Waals surface area (Å²) < 4.78 is 18.5. The van der Waals surface area contributed by atoms with E-state index in [9.17, 15) is 9.50 Å². The lowest BCUT2D eigenvalue weighted by Gasteiger charge is -2.33. The molecule has 0 spiro atoms. The molecular formula is C17H26FNO2S. The SMILES string of the molecule is COCCC(Cc1cccc(F)c1)NCC1(O)CCSCC1. The topological polar surface area (TPSA) is 41.5 Å². The van der Waals surface area contributed by atoms with Crippen LogP contribution in [0.25, 0.3) is 0 Å². The fourth-order valence-electron chi connectivity index (χ4n) is 2.75. The minimum absolute atomic E-state index is 0.181. The van der Waals surface area contributed by atoms with Crippen molar-refractivity contribution in [2.24, 2.45) is 0 Å². The van der Waals surface area contributed by atoms with Crippen molar-refractivity contribution in [3.8, 4) is 0 Å². The Labute approximate surface area is 136 Å². The molecule has 1 aliphatic rings. The third-order valence-electron chi connectivity index (χ3n) is 4.18. The quantitative estimate of drug-likeness (QED) is 0.770. The fraction of sp³-hybridized carbons (Fsp3) is 0.647. The van der Waals surface area contributed by atoms with E-state index < -0.39 is 5.60 Å². The number of hydrogen-bond acceptors (Lipinski definition) is 4. The predicted molar refractivity (Wildman–Crippen MR) is 89.9 cm³/mol. The van der Waals surface area contributed by atoms with Gasteiger partial charge in [-0.2, -0.15) is 11.8 Å². The largest absolute Gasteiger partial charge is 0.389 e. The monoisotopic (exact) mass is 327 g/mol. The Morgan fingerprint density at radius 2 is 2.18 bits per heavy atom. The highest BCUT2D eigenvalue weighted by Gasteiger charge is 2.29. The van der Waals surface area contributed by atoms with E-state index in [-0.39, 0.29) is 11.9 Å². The molecular weight excluding hydrogens is 301 g/mol. The van der Waals surface area contributed by atoms with Crippen molar-refractivity contribution >= 4 is 11.8 Å². The second kappa shape index (κ2) is 8.87.